The highest BCUT2D eigenvalue weighted by molar-refractivity contribution is 7.09. The number of rotatable bonds is 7. The van der Waals surface area contributed by atoms with Crippen LogP contribution in [0.3, 0.4) is 0 Å². The Kier molecular flexibility index (Phi) is 5.53. The van der Waals surface area contributed by atoms with Gasteiger partial charge in [0, 0.05) is 16.9 Å². The number of aryl methyl sites for hydroxylation is 2. The van der Waals surface area contributed by atoms with E-state index in [2.05, 4.69) is 27.7 Å². The van der Waals surface area contributed by atoms with Gasteiger partial charge in [0.05, 0.1) is 11.1 Å². The van der Waals surface area contributed by atoms with Gasteiger partial charge in [-0.1, -0.05) is 22.8 Å². The zero-order valence-corrected chi connectivity index (χ0v) is 15.2. The maximum Gasteiger partial charge on any atom is 0.226 e. The van der Waals surface area contributed by atoms with Crippen LogP contribution < -0.4 is 4.74 Å². The van der Waals surface area contributed by atoms with E-state index in [0.717, 1.165) is 24.8 Å². The van der Waals surface area contributed by atoms with Gasteiger partial charge in [0.1, 0.15) is 5.75 Å². The van der Waals surface area contributed by atoms with Gasteiger partial charge in [0.25, 0.3) is 0 Å². The Morgan fingerprint density at radius 1 is 1.25 bits per heavy atom. The van der Waals surface area contributed by atoms with Gasteiger partial charge >= 0.3 is 0 Å². The number of halogens is 1. The van der Waals surface area contributed by atoms with Crippen LogP contribution in [-0.2, 0) is 12.8 Å². The predicted octanol–water partition coefficient (Wildman–Crippen LogP) is 5.41. The van der Waals surface area contributed by atoms with Crippen LogP contribution in [0.25, 0.3) is 11.4 Å². The number of benzene rings is 1. The van der Waals surface area contributed by atoms with Crippen LogP contribution in [0.2, 0.25) is 5.02 Å². The van der Waals surface area contributed by atoms with Crippen LogP contribution in [0.4, 0.5) is 0 Å². The minimum atomic E-state index is 0.0773. The molecular weight excluding hydrogens is 344 g/mol. The molecule has 6 heteroatoms. The molecule has 24 heavy (non-hydrogen) atoms. The summed E-state index contributed by atoms with van der Waals surface area (Å²) in [5.41, 5.74) is 0.823. The zero-order chi connectivity index (χ0) is 16.9. The Bertz CT molecular complexity index is 784. The average molecular weight is 363 g/mol. The number of aromatic nitrogens is 2. The van der Waals surface area contributed by atoms with Crippen LogP contribution >= 0.6 is 22.9 Å². The normalized spacial score (nSPS) is 11.2. The SMILES string of the molecule is CC(C)Oc1ccc(-c2noc(CCCc3cccs3)n2)cc1Cl. The molecule has 2 heterocycles. The van der Waals surface area contributed by atoms with E-state index in [0.29, 0.717) is 22.5 Å². The summed E-state index contributed by atoms with van der Waals surface area (Å²) >= 11 is 8.03. The molecule has 1 aromatic carbocycles. The van der Waals surface area contributed by atoms with Crippen molar-refractivity contribution in [1.82, 2.24) is 10.1 Å². The van der Waals surface area contributed by atoms with Gasteiger partial charge in [-0.15, -0.1) is 11.3 Å². The van der Waals surface area contributed by atoms with Crippen molar-refractivity contribution in [3.05, 3.63) is 51.5 Å². The van der Waals surface area contributed by atoms with Crippen molar-refractivity contribution in [3.63, 3.8) is 0 Å². The fourth-order valence-electron chi connectivity index (χ4n) is 2.33. The van der Waals surface area contributed by atoms with Crippen LogP contribution in [0.15, 0.2) is 40.2 Å². The maximum absolute atomic E-state index is 6.26. The summed E-state index contributed by atoms with van der Waals surface area (Å²) in [6.07, 6.45) is 2.87. The largest absolute Gasteiger partial charge is 0.489 e. The van der Waals surface area contributed by atoms with Crippen molar-refractivity contribution in [1.29, 1.82) is 0 Å². The topological polar surface area (TPSA) is 48.2 Å². The predicted molar refractivity (Wildman–Crippen MR) is 96.9 cm³/mol. The summed E-state index contributed by atoms with van der Waals surface area (Å²) in [5.74, 6) is 1.87. The molecule has 2 aromatic heterocycles. The third kappa shape index (κ3) is 4.36. The summed E-state index contributed by atoms with van der Waals surface area (Å²) in [6.45, 7) is 3.93. The van der Waals surface area contributed by atoms with Crippen molar-refractivity contribution in [2.75, 3.05) is 0 Å². The molecule has 0 aliphatic heterocycles. The Labute approximate surface area is 150 Å². The van der Waals surface area contributed by atoms with Crippen LogP contribution in [0.1, 0.15) is 31.0 Å². The Morgan fingerprint density at radius 2 is 2.12 bits per heavy atom. The maximum atomic E-state index is 6.26. The van der Waals surface area contributed by atoms with Gasteiger partial charge < -0.3 is 9.26 Å². The van der Waals surface area contributed by atoms with Gasteiger partial charge in [-0.05, 0) is 56.3 Å². The van der Waals surface area contributed by atoms with Gasteiger partial charge in [0.2, 0.25) is 11.7 Å². The van der Waals surface area contributed by atoms with E-state index in [4.69, 9.17) is 20.9 Å². The lowest BCUT2D eigenvalue weighted by molar-refractivity contribution is 0.242. The number of ether oxygens (including phenoxy) is 1. The van der Waals surface area contributed by atoms with Crippen molar-refractivity contribution >= 4 is 22.9 Å². The lowest BCUT2D eigenvalue weighted by atomic mass is 10.2. The molecule has 0 N–H and O–H groups in total. The summed E-state index contributed by atoms with van der Waals surface area (Å²) in [4.78, 5) is 5.83. The first-order valence-electron chi connectivity index (χ1n) is 7.93. The molecule has 0 fully saturated rings. The van der Waals surface area contributed by atoms with Gasteiger partial charge in [0.15, 0.2) is 0 Å². The molecule has 0 aliphatic rings. The molecule has 126 valence electrons. The Balaban J connectivity index is 1.63. The second-order valence-electron chi connectivity index (χ2n) is 5.76. The smallest absolute Gasteiger partial charge is 0.226 e. The Hall–Kier alpha value is -1.85. The molecule has 0 saturated heterocycles. The molecule has 3 rings (SSSR count). The van der Waals surface area contributed by atoms with Gasteiger partial charge in [-0.3, -0.25) is 0 Å². The first kappa shape index (κ1) is 17.0. The first-order valence-corrected chi connectivity index (χ1v) is 9.19. The van der Waals surface area contributed by atoms with E-state index in [1.54, 1.807) is 17.4 Å². The summed E-state index contributed by atoms with van der Waals surface area (Å²) in [6, 6.07) is 9.75. The third-order valence-electron chi connectivity index (χ3n) is 3.41. The standard InChI is InChI=1S/C18H19ClN2O2S/c1-12(2)22-16-9-8-13(11-15(16)19)18-20-17(23-21-18)7-3-5-14-6-4-10-24-14/h4,6,8-12H,3,5,7H2,1-2H3. The summed E-state index contributed by atoms with van der Waals surface area (Å²) < 4.78 is 11.0. The molecule has 0 atom stereocenters. The lowest BCUT2D eigenvalue weighted by Gasteiger charge is -2.11. The third-order valence-corrected chi connectivity index (χ3v) is 4.65. The van der Waals surface area contributed by atoms with Crippen LogP contribution in [0.5, 0.6) is 5.75 Å². The molecule has 0 aliphatic carbocycles. The highest BCUT2D eigenvalue weighted by atomic mass is 35.5. The first-order chi connectivity index (χ1) is 11.6. The van der Waals surface area contributed by atoms with Crippen molar-refractivity contribution < 1.29 is 9.26 Å². The second kappa shape index (κ2) is 7.81. The minimum Gasteiger partial charge on any atom is -0.489 e. The van der Waals surface area contributed by atoms with Gasteiger partial charge in [-0.2, -0.15) is 4.98 Å². The van der Waals surface area contributed by atoms with Crippen LogP contribution in [-0.4, -0.2) is 16.2 Å². The molecule has 3 aromatic rings. The van der Waals surface area contributed by atoms with Crippen molar-refractivity contribution in [2.45, 2.75) is 39.2 Å². The fourth-order valence-corrected chi connectivity index (χ4v) is 3.31. The van der Waals surface area contributed by atoms with Crippen LogP contribution in [0, 0.1) is 0 Å². The number of hydrogen-bond donors (Lipinski definition) is 0. The van der Waals surface area contributed by atoms with Crippen molar-refractivity contribution in [3.8, 4) is 17.1 Å². The second-order valence-corrected chi connectivity index (χ2v) is 7.20. The summed E-state index contributed by atoms with van der Waals surface area (Å²) in [5, 5.41) is 6.69. The van der Waals surface area contributed by atoms with E-state index in [9.17, 15) is 0 Å². The lowest BCUT2D eigenvalue weighted by Crippen LogP contribution is -2.05. The molecule has 0 bridgehead atoms. The summed E-state index contributed by atoms with van der Waals surface area (Å²) in [7, 11) is 0. The number of hydrogen-bond acceptors (Lipinski definition) is 5. The van der Waals surface area contributed by atoms with E-state index >= 15 is 0 Å². The fraction of sp³-hybridized carbons (Fsp3) is 0.333. The molecular formula is C18H19ClN2O2S. The van der Waals surface area contributed by atoms with Crippen molar-refractivity contribution in [2.24, 2.45) is 0 Å². The number of thiophene rings is 1. The van der Waals surface area contributed by atoms with Gasteiger partial charge in [-0.25, -0.2) is 0 Å². The molecule has 0 radical (unpaired) electrons. The molecule has 0 amide bonds. The van der Waals surface area contributed by atoms with E-state index in [1.807, 2.05) is 26.0 Å². The molecule has 0 spiro atoms. The zero-order valence-electron chi connectivity index (χ0n) is 13.7. The minimum absolute atomic E-state index is 0.0773. The quantitative estimate of drug-likeness (QED) is 0.563. The highest BCUT2D eigenvalue weighted by Gasteiger charge is 2.12. The molecule has 0 saturated carbocycles. The van der Waals surface area contributed by atoms with E-state index in [-0.39, 0.29) is 6.10 Å². The average Bonchev–Trinajstić information content (AvgIpc) is 3.21. The highest BCUT2D eigenvalue weighted by Crippen LogP contribution is 2.30. The Morgan fingerprint density at radius 3 is 2.83 bits per heavy atom. The number of nitrogens with zero attached hydrogens (tertiary/aromatic N) is 2. The molecule has 0 unspecified atom stereocenters. The van der Waals surface area contributed by atoms with E-state index < -0.39 is 0 Å². The van der Waals surface area contributed by atoms with E-state index in [1.165, 1.54) is 4.88 Å². The monoisotopic (exact) mass is 362 g/mol. The molecule has 4 nitrogen and oxygen atoms in total.